The molecule has 0 heterocycles. The van der Waals surface area contributed by atoms with Gasteiger partial charge in [0.25, 0.3) is 0 Å². The average molecular weight is 228 g/mol. The van der Waals surface area contributed by atoms with Crippen LogP contribution >= 0.6 is 0 Å². The summed E-state index contributed by atoms with van der Waals surface area (Å²) in [4.78, 5) is 2.33. The van der Waals surface area contributed by atoms with Crippen LogP contribution in [0, 0.1) is 12.3 Å². The molecule has 94 valence electrons. The van der Waals surface area contributed by atoms with Crippen LogP contribution in [0.25, 0.3) is 0 Å². The van der Waals surface area contributed by atoms with Crippen LogP contribution in [0.3, 0.4) is 0 Å². The van der Waals surface area contributed by atoms with Gasteiger partial charge in [-0.15, -0.1) is 6.42 Å². The van der Waals surface area contributed by atoms with Crippen molar-refractivity contribution >= 4 is 0 Å². The normalized spacial score (nSPS) is 12.7. The van der Waals surface area contributed by atoms with Gasteiger partial charge in [-0.05, 0) is 6.92 Å². The molecule has 1 unspecified atom stereocenters. The van der Waals surface area contributed by atoms with Crippen molar-refractivity contribution in [2.75, 3.05) is 53.6 Å². The van der Waals surface area contributed by atoms with Crippen molar-refractivity contribution in [1.82, 2.24) is 10.2 Å². The van der Waals surface area contributed by atoms with Crippen LogP contribution in [0.15, 0.2) is 0 Å². The minimum Gasteiger partial charge on any atom is -0.383 e. The molecule has 1 atom stereocenters. The standard InChI is InChI=1S/C12H24N2O2/c1-5-6-13-7-8-14(9-10-15-3)12(2)11-16-4/h1,12-13H,6-11H2,2-4H3. The number of ether oxygens (including phenoxy) is 2. The van der Waals surface area contributed by atoms with Crippen molar-refractivity contribution in [3.63, 3.8) is 0 Å². The fourth-order valence-electron chi connectivity index (χ4n) is 1.49. The summed E-state index contributed by atoms with van der Waals surface area (Å²) in [7, 11) is 3.44. The van der Waals surface area contributed by atoms with E-state index in [1.54, 1.807) is 14.2 Å². The van der Waals surface area contributed by atoms with E-state index in [1.165, 1.54) is 0 Å². The van der Waals surface area contributed by atoms with Crippen LogP contribution in [0.2, 0.25) is 0 Å². The molecule has 4 heteroatoms. The van der Waals surface area contributed by atoms with Crippen molar-refractivity contribution in [1.29, 1.82) is 0 Å². The minimum absolute atomic E-state index is 0.396. The lowest BCUT2D eigenvalue weighted by Gasteiger charge is -2.28. The average Bonchev–Trinajstić information content (AvgIpc) is 2.28. The van der Waals surface area contributed by atoms with Gasteiger partial charge in [0, 0.05) is 39.9 Å². The van der Waals surface area contributed by atoms with Gasteiger partial charge in [-0.1, -0.05) is 5.92 Å². The van der Waals surface area contributed by atoms with E-state index in [0.717, 1.165) is 32.8 Å². The molecule has 0 spiro atoms. The zero-order valence-corrected chi connectivity index (χ0v) is 10.7. The lowest BCUT2D eigenvalue weighted by molar-refractivity contribution is 0.0759. The molecule has 0 aromatic carbocycles. The Labute approximate surface area is 99.3 Å². The minimum atomic E-state index is 0.396. The smallest absolute Gasteiger partial charge is 0.0615 e. The lowest BCUT2D eigenvalue weighted by Crippen LogP contribution is -2.42. The van der Waals surface area contributed by atoms with Crippen LogP contribution in [0.4, 0.5) is 0 Å². The van der Waals surface area contributed by atoms with E-state index in [4.69, 9.17) is 15.9 Å². The highest BCUT2D eigenvalue weighted by Gasteiger charge is 2.12. The Morgan fingerprint density at radius 3 is 2.62 bits per heavy atom. The molecule has 16 heavy (non-hydrogen) atoms. The van der Waals surface area contributed by atoms with Crippen molar-refractivity contribution in [2.45, 2.75) is 13.0 Å². The summed E-state index contributed by atoms with van der Waals surface area (Å²) < 4.78 is 10.2. The molecule has 0 aliphatic rings. The molecular weight excluding hydrogens is 204 g/mol. The van der Waals surface area contributed by atoms with Crippen molar-refractivity contribution in [3.8, 4) is 12.3 Å². The SMILES string of the molecule is C#CCNCCN(CCOC)C(C)COC. The first-order valence-electron chi connectivity index (χ1n) is 5.62. The predicted molar refractivity (Wildman–Crippen MR) is 66.5 cm³/mol. The van der Waals surface area contributed by atoms with Gasteiger partial charge in [-0.2, -0.15) is 0 Å². The van der Waals surface area contributed by atoms with E-state index in [-0.39, 0.29) is 0 Å². The molecule has 0 saturated carbocycles. The van der Waals surface area contributed by atoms with Crippen molar-refractivity contribution in [2.24, 2.45) is 0 Å². The summed E-state index contributed by atoms with van der Waals surface area (Å²) in [6.07, 6.45) is 5.17. The first-order valence-corrected chi connectivity index (χ1v) is 5.62. The first-order chi connectivity index (χ1) is 7.76. The summed E-state index contributed by atoms with van der Waals surface area (Å²) >= 11 is 0. The van der Waals surface area contributed by atoms with Gasteiger partial charge in [0.2, 0.25) is 0 Å². The van der Waals surface area contributed by atoms with E-state index in [0.29, 0.717) is 12.6 Å². The van der Waals surface area contributed by atoms with E-state index in [1.807, 2.05) is 0 Å². The molecule has 0 amide bonds. The molecule has 0 aromatic rings. The number of hydrogen-bond donors (Lipinski definition) is 1. The van der Waals surface area contributed by atoms with Crippen LogP contribution in [-0.2, 0) is 9.47 Å². The van der Waals surface area contributed by atoms with E-state index < -0.39 is 0 Å². The molecule has 0 fully saturated rings. The second-order valence-electron chi connectivity index (χ2n) is 3.71. The predicted octanol–water partition coefficient (Wildman–Crippen LogP) is 0.193. The fraction of sp³-hybridized carbons (Fsp3) is 0.833. The fourth-order valence-corrected chi connectivity index (χ4v) is 1.49. The number of hydrogen-bond acceptors (Lipinski definition) is 4. The lowest BCUT2D eigenvalue weighted by atomic mass is 10.3. The molecule has 0 aromatic heterocycles. The maximum Gasteiger partial charge on any atom is 0.0615 e. The number of methoxy groups -OCH3 is 2. The summed E-state index contributed by atoms with van der Waals surface area (Å²) in [6.45, 7) is 7.01. The monoisotopic (exact) mass is 228 g/mol. The molecule has 0 bridgehead atoms. The molecule has 0 aliphatic carbocycles. The van der Waals surface area contributed by atoms with Crippen LogP contribution in [0.1, 0.15) is 6.92 Å². The Bertz CT molecular complexity index is 192. The van der Waals surface area contributed by atoms with Crippen molar-refractivity contribution in [3.05, 3.63) is 0 Å². The maximum absolute atomic E-state index is 5.17. The molecule has 0 aliphatic heterocycles. The molecule has 1 N–H and O–H groups in total. The first kappa shape index (κ1) is 15.4. The Kier molecular flexibility index (Phi) is 10.5. The van der Waals surface area contributed by atoms with Gasteiger partial charge in [-0.3, -0.25) is 4.90 Å². The Hall–Kier alpha value is -0.600. The third-order valence-electron chi connectivity index (χ3n) is 2.42. The Morgan fingerprint density at radius 2 is 2.06 bits per heavy atom. The van der Waals surface area contributed by atoms with Gasteiger partial charge < -0.3 is 14.8 Å². The number of nitrogens with one attached hydrogen (secondary N) is 1. The Morgan fingerprint density at radius 1 is 1.31 bits per heavy atom. The summed E-state index contributed by atoms with van der Waals surface area (Å²) in [5, 5.41) is 3.18. The second-order valence-corrected chi connectivity index (χ2v) is 3.71. The van der Waals surface area contributed by atoms with Crippen LogP contribution in [-0.4, -0.2) is 64.6 Å². The van der Waals surface area contributed by atoms with Crippen molar-refractivity contribution < 1.29 is 9.47 Å². The quantitative estimate of drug-likeness (QED) is 0.427. The van der Waals surface area contributed by atoms with E-state index in [9.17, 15) is 0 Å². The van der Waals surface area contributed by atoms with Gasteiger partial charge >= 0.3 is 0 Å². The van der Waals surface area contributed by atoms with E-state index in [2.05, 4.69) is 23.1 Å². The molecular formula is C12H24N2O2. The number of nitrogens with zero attached hydrogens (tertiary/aromatic N) is 1. The molecule has 0 rings (SSSR count). The third kappa shape index (κ3) is 7.66. The number of rotatable bonds is 10. The zero-order chi connectivity index (χ0) is 12.2. The highest BCUT2D eigenvalue weighted by atomic mass is 16.5. The summed E-state index contributed by atoms with van der Waals surface area (Å²) in [5.74, 6) is 2.56. The van der Waals surface area contributed by atoms with Crippen LogP contribution in [0.5, 0.6) is 0 Å². The summed E-state index contributed by atoms with van der Waals surface area (Å²) in [6, 6.07) is 0.396. The molecule has 0 saturated heterocycles. The molecule has 4 nitrogen and oxygen atoms in total. The zero-order valence-electron chi connectivity index (χ0n) is 10.7. The van der Waals surface area contributed by atoms with Gasteiger partial charge in [-0.25, -0.2) is 0 Å². The maximum atomic E-state index is 5.17. The van der Waals surface area contributed by atoms with E-state index >= 15 is 0 Å². The molecule has 0 radical (unpaired) electrons. The topological polar surface area (TPSA) is 33.7 Å². The van der Waals surface area contributed by atoms with Gasteiger partial charge in [0.05, 0.1) is 19.8 Å². The van der Waals surface area contributed by atoms with Gasteiger partial charge in [0.1, 0.15) is 0 Å². The third-order valence-corrected chi connectivity index (χ3v) is 2.42. The number of terminal acetylenes is 1. The second kappa shape index (κ2) is 10.9. The highest BCUT2D eigenvalue weighted by molar-refractivity contribution is 4.86. The largest absolute Gasteiger partial charge is 0.383 e. The summed E-state index contributed by atoms with van der Waals surface area (Å²) in [5.41, 5.74) is 0. The van der Waals surface area contributed by atoms with Gasteiger partial charge in [0.15, 0.2) is 0 Å². The van der Waals surface area contributed by atoms with Crippen LogP contribution < -0.4 is 5.32 Å². The highest BCUT2D eigenvalue weighted by Crippen LogP contribution is 1.98. The Balaban J connectivity index is 3.85.